The molecule has 2 aromatic carbocycles. The summed E-state index contributed by atoms with van der Waals surface area (Å²) in [6.07, 6.45) is 4.96. The fraction of sp³-hybridized carbons (Fsp3) is 0.379. The highest BCUT2D eigenvalue weighted by Gasteiger charge is 2.34. The monoisotopic (exact) mass is 518 g/mol. The SMILES string of the molecule is CC1CCC(C(=O)N(c2nn(-c3ccc(N4Cc5ccc(F)cc5C4=O)cc3)cc2C(=O)O)C(C)C)CC1. The predicted octanol–water partition coefficient (Wildman–Crippen LogP) is 5.44. The number of hydrogen-bond acceptors (Lipinski definition) is 4. The first-order valence-corrected chi connectivity index (χ1v) is 13.0. The Morgan fingerprint density at radius 3 is 2.34 bits per heavy atom. The number of halogens is 1. The van der Waals surface area contributed by atoms with Gasteiger partial charge in [0.15, 0.2) is 5.82 Å². The smallest absolute Gasteiger partial charge is 0.341 e. The molecule has 198 valence electrons. The minimum absolute atomic E-state index is 0.0486. The fourth-order valence-corrected chi connectivity index (χ4v) is 5.40. The zero-order valence-electron chi connectivity index (χ0n) is 21.7. The highest BCUT2D eigenvalue weighted by molar-refractivity contribution is 6.10. The number of carboxylic acids is 1. The van der Waals surface area contributed by atoms with Crippen molar-refractivity contribution in [2.45, 2.75) is 59.0 Å². The number of aromatic nitrogens is 2. The number of carbonyl (C=O) groups excluding carboxylic acids is 2. The Labute approximate surface area is 220 Å². The van der Waals surface area contributed by atoms with Crippen molar-refractivity contribution >= 4 is 29.3 Å². The van der Waals surface area contributed by atoms with Crippen LogP contribution in [0.15, 0.2) is 48.7 Å². The van der Waals surface area contributed by atoms with Crippen molar-refractivity contribution < 1.29 is 23.9 Å². The standard InChI is InChI=1S/C29H31FN4O4/c1-17(2)34(27(35)19-6-4-18(3)5-7-19)26-25(29(37)38)16-33(31-26)23-12-10-22(11-13-23)32-15-20-8-9-21(30)14-24(20)28(32)36/h8-14,16-19H,4-7,15H2,1-3H3,(H,37,38). The zero-order valence-corrected chi connectivity index (χ0v) is 21.7. The van der Waals surface area contributed by atoms with Crippen LogP contribution in [0.4, 0.5) is 15.9 Å². The van der Waals surface area contributed by atoms with Gasteiger partial charge in [-0.25, -0.2) is 13.9 Å². The summed E-state index contributed by atoms with van der Waals surface area (Å²) in [6.45, 7) is 6.25. The van der Waals surface area contributed by atoms with E-state index in [2.05, 4.69) is 12.0 Å². The summed E-state index contributed by atoms with van der Waals surface area (Å²) in [5, 5.41) is 14.5. The molecule has 1 saturated carbocycles. The number of fused-ring (bicyclic) bond motifs is 1. The van der Waals surface area contributed by atoms with E-state index in [1.807, 2.05) is 13.8 Å². The fourth-order valence-electron chi connectivity index (χ4n) is 5.40. The number of amides is 2. The lowest BCUT2D eigenvalue weighted by Crippen LogP contribution is -2.43. The molecule has 3 aromatic rings. The van der Waals surface area contributed by atoms with E-state index in [1.54, 1.807) is 35.2 Å². The van der Waals surface area contributed by atoms with E-state index in [0.717, 1.165) is 31.2 Å². The molecule has 1 fully saturated rings. The minimum atomic E-state index is -1.16. The second-order valence-corrected chi connectivity index (χ2v) is 10.6. The number of aromatic carboxylic acids is 1. The Morgan fingerprint density at radius 2 is 1.71 bits per heavy atom. The molecule has 8 nitrogen and oxygen atoms in total. The summed E-state index contributed by atoms with van der Waals surface area (Å²) >= 11 is 0. The average Bonchev–Trinajstić information content (AvgIpc) is 3.46. The number of rotatable bonds is 6. The molecule has 2 aliphatic rings. The highest BCUT2D eigenvalue weighted by Crippen LogP contribution is 2.33. The van der Waals surface area contributed by atoms with E-state index in [9.17, 15) is 23.9 Å². The highest BCUT2D eigenvalue weighted by atomic mass is 19.1. The molecule has 1 aliphatic heterocycles. The van der Waals surface area contributed by atoms with Gasteiger partial charge >= 0.3 is 5.97 Å². The van der Waals surface area contributed by atoms with Gasteiger partial charge in [-0.05, 0) is 87.4 Å². The molecule has 0 saturated heterocycles. The van der Waals surface area contributed by atoms with Gasteiger partial charge in [-0.15, -0.1) is 5.10 Å². The molecular formula is C29H31FN4O4. The third-order valence-electron chi connectivity index (χ3n) is 7.57. The Hall–Kier alpha value is -4.01. The van der Waals surface area contributed by atoms with Crippen LogP contribution >= 0.6 is 0 Å². The van der Waals surface area contributed by atoms with Gasteiger partial charge in [0, 0.05) is 29.4 Å². The van der Waals surface area contributed by atoms with Crippen LogP contribution in [-0.2, 0) is 11.3 Å². The van der Waals surface area contributed by atoms with E-state index in [4.69, 9.17) is 0 Å². The van der Waals surface area contributed by atoms with Crippen LogP contribution < -0.4 is 9.80 Å². The third-order valence-corrected chi connectivity index (χ3v) is 7.57. The molecular weight excluding hydrogens is 487 g/mol. The molecule has 5 rings (SSSR count). The van der Waals surface area contributed by atoms with Crippen LogP contribution in [-0.4, -0.2) is 38.7 Å². The molecule has 9 heteroatoms. The molecule has 0 radical (unpaired) electrons. The molecule has 0 unspecified atom stereocenters. The van der Waals surface area contributed by atoms with Crippen molar-refractivity contribution in [1.29, 1.82) is 0 Å². The third kappa shape index (κ3) is 4.68. The summed E-state index contributed by atoms with van der Waals surface area (Å²) in [4.78, 5) is 41.6. The normalized spacial score (nSPS) is 19.1. The van der Waals surface area contributed by atoms with Crippen molar-refractivity contribution in [2.75, 3.05) is 9.80 Å². The van der Waals surface area contributed by atoms with Crippen LogP contribution in [0.25, 0.3) is 5.69 Å². The Balaban J connectivity index is 1.42. The summed E-state index contributed by atoms with van der Waals surface area (Å²) in [7, 11) is 0. The van der Waals surface area contributed by atoms with Crippen LogP contribution in [0.5, 0.6) is 0 Å². The lowest BCUT2D eigenvalue weighted by molar-refractivity contribution is -0.124. The topological polar surface area (TPSA) is 95.7 Å². The Bertz CT molecular complexity index is 1390. The summed E-state index contributed by atoms with van der Waals surface area (Å²) in [6, 6.07) is 10.9. The van der Waals surface area contributed by atoms with Crippen molar-refractivity contribution in [1.82, 2.24) is 9.78 Å². The van der Waals surface area contributed by atoms with E-state index in [0.29, 0.717) is 29.4 Å². The Kier molecular flexibility index (Phi) is 6.77. The molecule has 1 aromatic heterocycles. The molecule has 0 bridgehead atoms. The second-order valence-electron chi connectivity index (χ2n) is 10.6. The molecule has 38 heavy (non-hydrogen) atoms. The number of hydrogen-bond donors (Lipinski definition) is 1. The lowest BCUT2D eigenvalue weighted by atomic mass is 9.82. The molecule has 2 amide bonds. The van der Waals surface area contributed by atoms with Crippen LogP contribution in [0.2, 0.25) is 0 Å². The summed E-state index contributed by atoms with van der Waals surface area (Å²) in [5.41, 5.74) is 2.27. The van der Waals surface area contributed by atoms with Gasteiger partial charge in [0.05, 0.1) is 12.2 Å². The van der Waals surface area contributed by atoms with Crippen LogP contribution in [0, 0.1) is 17.7 Å². The summed E-state index contributed by atoms with van der Waals surface area (Å²) in [5.74, 6) is -1.39. The van der Waals surface area contributed by atoms with Crippen molar-refractivity contribution in [2.24, 2.45) is 11.8 Å². The van der Waals surface area contributed by atoms with Crippen molar-refractivity contribution in [3.63, 3.8) is 0 Å². The first-order valence-electron chi connectivity index (χ1n) is 13.0. The number of carboxylic acid groups (broad SMARTS) is 1. The van der Waals surface area contributed by atoms with Crippen molar-refractivity contribution in [3.05, 3.63) is 71.2 Å². The number of nitrogens with zero attached hydrogens (tertiary/aromatic N) is 4. The van der Waals surface area contributed by atoms with Gasteiger partial charge in [-0.3, -0.25) is 14.5 Å². The molecule has 2 heterocycles. The van der Waals surface area contributed by atoms with Gasteiger partial charge in [-0.2, -0.15) is 0 Å². The summed E-state index contributed by atoms with van der Waals surface area (Å²) < 4.78 is 15.1. The van der Waals surface area contributed by atoms with Gasteiger partial charge in [0.25, 0.3) is 5.91 Å². The molecule has 0 atom stereocenters. The van der Waals surface area contributed by atoms with Gasteiger partial charge in [0.2, 0.25) is 5.91 Å². The quantitative estimate of drug-likeness (QED) is 0.469. The van der Waals surface area contributed by atoms with Gasteiger partial charge in [-0.1, -0.05) is 13.0 Å². The zero-order chi connectivity index (χ0) is 27.1. The van der Waals surface area contributed by atoms with Gasteiger partial charge in [0.1, 0.15) is 11.4 Å². The first kappa shape index (κ1) is 25.6. The van der Waals surface area contributed by atoms with Crippen LogP contribution in [0.1, 0.15) is 72.7 Å². The maximum Gasteiger partial charge on any atom is 0.341 e. The average molecular weight is 519 g/mol. The number of anilines is 2. The first-order chi connectivity index (χ1) is 18.1. The van der Waals surface area contributed by atoms with E-state index < -0.39 is 11.8 Å². The van der Waals surface area contributed by atoms with E-state index >= 15 is 0 Å². The number of carbonyl (C=O) groups is 3. The van der Waals surface area contributed by atoms with Crippen LogP contribution in [0.3, 0.4) is 0 Å². The van der Waals surface area contributed by atoms with Gasteiger partial charge < -0.3 is 10.0 Å². The largest absolute Gasteiger partial charge is 0.477 e. The van der Waals surface area contributed by atoms with E-state index in [-0.39, 0.29) is 35.2 Å². The van der Waals surface area contributed by atoms with Crippen molar-refractivity contribution in [3.8, 4) is 5.69 Å². The maximum absolute atomic E-state index is 13.6. The Morgan fingerprint density at radius 1 is 1.05 bits per heavy atom. The van der Waals surface area contributed by atoms with E-state index in [1.165, 1.54) is 27.9 Å². The molecule has 0 spiro atoms. The molecule has 1 aliphatic carbocycles. The predicted molar refractivity (Wildman–Crippen MR) is 141 cm³/mol. The molecule has 1 N–H and O–H groups in total. The minimum Gasteiger partial charge on any atom is -0.477 e. The maximum atomic E-state index is 13.6. The second kappa shape index (κ2) is 10.0. The number of benzene rings is 2. The lowest BCUT2D eigenvalue weighted by Gasteiger charge is -2.32.